The van der Waals surface area contributed by atoms with Crippen molar-refractivity contribution in [2.24, 2.45) is 0 Å². The minimum atomic E-state index is -0.392. The molecule has 5 rings (SSSR count). The largest absolute Gasteiger partial charge is 0.497 e. The SMILES string of the molecule is COc1ccc2c(=O)cc(C(=O)NCCC3CCCN3Cc3ccc4c(c3)OCO4)oc2c1. The van der Waals surface area contributed by atoms with Crippen LogP contribution in [0.5, 0.6) is 17.2 Å². The summed E-state index contributed by atoms with van der Waals surface area (Å²) in [6, 6.07) is 12.6. The summed E-state index contributed by atoms with van der Waals surface area (Å²) in [6.07, 6.45) is 3.04. The highest BCUT2D eigenvalue weighted by Gasteiger charge is 2.25. The van der Waals surface area contributed by atoms with Crippen LogP contribution in [-0.4, -0.2) is 43.8 Å². The smallest absolute Gasteiger partial charge is 0.287 e. The molecule has 0 saturated carbocycles. The Hall–Kier alpha value is -3.52. The Bertz CT molecular complexity index is 1240. The molecule has 1 amide bonds. The van der Waals surface area contributed by atoms with E-state index in [0.29, 0.717) is 29.3 Å². The van der Waals surface area contributed by atoms with Gasteiger partial charge in [0.05, 0.1) is 12.5 Å². The van der Waals surface area contributed by atoms with Gasteiger partial charge in [-0.3, -0.25) is 14.5 Å². The molecule has 2 aliphatic heterocycles. The predicted octanol–water partition coefficient (Wildman–Crippen LogP) is 3.31. The molecule has 0 spiro atoms. The maximum atomic E-state index is 12.6. The normalized spacial score (nSPS) is 17.4. The van der Waals surface area contributed by atoms with Gasteiger partial charge in [0.25, 0.3) is 5.91 Å². The summed E-state index contributed by atoms with van der Waals surface area (Å²) in [5.74, 6) is 1.76. The van der Waals surface area contributed by atoms with E-state index in [4.69, 9.17) is 18.6 Å². The maximum absolute atomic E-state index is 12.6. The fourth-order valence-electron chi connectivity index (χ4n) is 4.52. The summed E-state index contributed by atoms with van der Waals surface area (Å²) in [4.78, 5) is 27.4. The first kappa shape index (κ1) is 21.3. The van der Waals surface area contributed by atoms with Gasteiger partial charge in [0.1, 0.15) is 11.3 Å². The number of nitrogens with one attached hydrogen (secondary N) is 1. The van der Waals surface area contributed by atoms with Crippen LogP contribution in [0, 0.1) is 0 Å². The molecule has 1 fully saturated rings. The van der Waals surface area contributed by atoms with Crippen molar-refractivity contribution in [1.29, 1.82) is 0 Å². The molecule has 1 aromatic heterocycles. The number of carbonyl (C=O) groups excluding carboxylic acids is 1. The van der Waals surface area contributed by atoms with Crippen molar-refractivity contribution in [2.45, 2.75) is 31.8 Å². The van der Waals surface area contributed by atoms with Gasteiger partial charge in [0.2, 0.25) is 6.79 Å². The number of amides is 1. The van der Waals surface area contributed by atoms with Crippen LogP contribution < -0.4 is 25.0 Å². The molecular formula is C25H26N2O6. The number of benzene rings is 2. The van der Waals surface area contributed by atoms with Crippen molar-refractivity contribution in [1.82, 2.24) is 10.2 Å². The number of nitrogens with zero attached hydrogens (tertiary/aromatic N) is 1. The highest BCUT2D eigenvalue weighted by Crippen LogP contribution is 2.33. The molecule has 8 heteroatoms. The molecule has 33 heavy (non-hydrogen) atoms. The lowest BCUT2D eigenvalue weighted by Gasteiger charge is -2.24. The number of rotatable bonds is 7. The van der Waals surface area contributed by atoms with E-state index in [0.717, 1.165) is 43.9 Å². The Kier molecular flexibility index (Phi) is 5.92. The Morgan fingerprint density at radius 1 is 1.15 bits per heavy atom. The molecule has 1 N–H and O–H groups in total. The lowest BCUT2D eigenvalue weighted by atomic mass is 10.1. The number of methoxy groups -OCH3 is 1. The van der Waals surface area contributed by atoms with E-state index in [2.05, 4.69) is 16.3 Å². The van der Waals surface area contributed by atoms with Gasteiger partial charge in [-0.2, -0.15) is 0 Å². The van der Waals surface area contributed by atoms with Crippen LogP contribution in [0.15, 0.2) is 51.7 Å². The van der Waals surface area contributed by atoms with Crippen molar-refractivity contribution in [2.75, 3.05) is 27.0 Å². The van der Waals surface area contributed by atoms with E-state index >= 15 is 0 Å². The summed E-state index contributed by atoms with van der Waals surface area (Å²) in [6.45, 7) is 2.63. The molecule has 1 atom stereocenters. The summed E-state index contributed by atoms with van der Waals surface area (Å²) in [5, 5.41) is 3.31. The fraction of sp³-hybridized carbons (Fsp3) is 0.360. The van der Waals surface area contributed by atoms with Crippen molar-refractivity contribution in [3.8, 4) is 17.2 Å². The predicted molar refractivity (Wildman–Crippen MR) is 122 cm³/mol. The number of ether oxygens (including phenoxy) is 3. The van der Waals surface area contributed by atoms with E-state index in [1.807, 2.05) is 12.1 Å². The van der Waals surface area contributed by atoms with Crippen LogP contribution in [0.4, 0.5) is 0 Å². The van der Waals surface area contributed by atoms with Crippen molar-refractivity contribution in [3.63, 3.8) is 0 Å². The molecular weight excluding hydrogens is 424 g/mol. The lowest BCUT2D eigenvalue weighted by Crippen LogP contribution is -2.34. The van der Waals surface area contributed by atoms with Crippen LogP contribution in [0.2, 0.25) is 0 Å². The minimum Gasteiger partial charge on any atom is -0.497 e. The second-order valence-corrected chi connectivity index (χ2v) is 8.34. The van der Waals surface area contributed by atoms with E-state index in [9.17, 15) is 9.59 Å². The van der Waals surface area contributed by atoms with Gasteiger partial charge in [-0.05, 0) is 55.6 Å². The fourth-order valence-corrected chi connectivity index (χ4v) is 4.52. The summed E-state index contributed by atoms with van der Waals surface area (Å²) >= 11 is 0. The Balaban J connectivity index is 1.19. The second-order valence-electron chi connectivity index (χ2n) is 8.34. The molecule has 172 valence electrons. The zero-order chi connectivity index (χ0) is 22.8. The van der Waals surface area contributed by atoms with Crippen LogP contribution in [-0.2, 0) is 6.54 Å². The zero-order valence-electron chi connectivity index (χ0n) is 18.5. The molecule has 0 radical (unpaired) electrons. The van der Waals surface area contributed by atoms with Crippen LogP contribution in [0.3, 0.4) is 0 Å². The van der Waals surface area contributed by atoms with Crippen molar-refractivity contribution >= 4 is 16.9 Å². The van der Waals surface area contributed by atoms with Gasteiger partial charge < -0.3 is 23.9 Å². The molecule has 1 unspecified atom stereocenters. The molecule has 3 aromatic rings. The topological polar surface area (TPSA) is 90.2 Å². The Morgan fingerprint density at radius 3 is 2.91 bits per heavy atom. The molecule has 1 saturated heterocycles. The summed E-state index contributed by atoms with van der Waals surface area (Å²) in [5.41, 5.74) is 1.26. The van der Waals surface area contributed by atoms with Crippen LogP contribution in [0.25, 0.3) is 11.0 Å². The van der Waals surface area contributed by atoms with Crippen molar-refractivity contribution < 1.29 is 23.4 Å². The molecule has 8 nitrogen and oxygen atoms in total. The van der Waals surface area contributed by atoms with E-state index in [1.54, 1.807) is 18.2 Å². The quantitative estimate of drug-likeness (QED) is 0.591. The zero-order valence-corrected chi connectivity index (χ0v) is 18.5. The first-order valence-corrected chi connectivity index (χ1v) is 11.1. The summed E-state index contributed by atoms with van der Waals surface area (Å²) in [7, 11) is 1.54. The van der Waals surface area contributed by atoms with E-state index in [1.165, 1.54) is 18.7 Å². The number of likely N-dealkylation sites (tertiary alicyclic amines) is 1. The van der Waals surface area contributed by atoms with Crippen LogP contribution >= 0.6 is 0 Å². The van der Waals surface area contributed by atoms with Crippen molar-refractivity contribution in [3.05, 3.63) is 64.0 Å². The Labute approximate surface area is 191 Å². The molecule has 3 heterocycles. The Morgan fingerprint density at radius 2 is 2.03 bits per heavy atom. The highest BCUT2D eigenvalue weighted by molar-refractivity contribution is 5.93. The third-order valence-corrected chi connectivity index (χ3v) is 6.24. The molecule has 2 aromatic carbocycles. The summed E-state index contributed by atoms with van der Waals surface area (Å²) < 4.78 is 21.7. The maximum Gasteiger partial charge on any atom is 0.287 e. The standard InChI is InChI=1S/C25H26N2O6/c1-30-18-5-6-19-20(28)13-24(33-22(19)12-18)25(29)26-9-8-17-3-2-10-27(17)14-16-4-7-21-23(11-16)32-15-31-21/h4-7,11-13,17H,2-3,8-10,14-15H2,1H3,(H,26,29). The average molecular weight is 450 g/mol. The third-order valence-electron chi connectivity index (χ3n) is 6.24. The number of carbonyl (C=O) groups is 1. The van der Waals surface area contributed by atoms with Gasteiger partial charge >= 0.3 is 0 Å². The molecule has 0 bridgehead atoms. The number of hydrogen-bond donors (Lipinski definition) is 1. The van der Waals surface area contributed by atoms with Gasteiger partial charge in [-0.25, -0.2) is 0 Å². The van der Waals surface area contributed by atoms with Gasteiger partial charge in [-0.1, -0.05) is 6.07 Å². The van der Waals surface area contributed by atoms with E-state index < -0.39 is 5.91 Å². The van der Waals surface area contributed by atoms with Crippen LogP contribution in [0.1, 0.15) is 35.4 Å². The van der Waals surface area contributed by atoms with Gasteiger partial charge in [0.15, 0.2) is 22.7 Å². The first-order chi connectivity index (χ1) is 16.1. The molecule has 2 aliphatic rings. The number of fused-ring (bicyclic) bond motifs is 2. The lowest BCUT2D eigenvalue weighted by molar-refractivity contribution is 0.0922. The average Bonchev–Trinajstić information content (AvgIpc) is 3.47. The van der Waals surface area contributed by atoms with Gasteiger partial charge in [-0.15, -0.1) is 0 Å². The minimum absolute atomic E-state index is 0.00407. The number of hydrogen-bond acceptors (Lipinski definition) is 7. The highest BCUT2D eigenvalue weighted by atomic mass is 16.7. The van der Waals surface area contributed by atoms with E-state index in [-0.39, 0.29) is 18.0 Å². The monoisotopic (exact) mass is 450 g/mol. The first-order valence-electron chi connectivity index (χ1n) is 11.1. The van der Waals surface area contributed by atoms with Gasteiger partial charge in [0, 0.05) is 31.3 Å². The molecule has 0 aliphatic carbocycles. The third kappa shape index (κ3) is 4.52. The second kappa shape index (κ2) is 9.15.